The molecule has 0 aromatic heterocycles. The van der Waals surface area contributed by atoms with Gasteiger partial charge < -0.3 is 10.6 Å². The van der Waals surface area contributed by atoms with Gasteiger partial charge in [0.2, 0.25) is 5.91 Å². The summed E-state index contributed by atoms with van der Waals surface area (Å²) in [6.07, 6.45) is 4.88. The van der Waals surface area contributed by atoms with Gasteiger partial charge in [0.15, 0.2) is 0 Å². The molecule has 1 unspecified atom stereocenters. The normalized spacial score (nSPS) is 11.6. The van der Waals surface area contributed by atoms with Crippen LogP contribution in [-0.2, 0) is 11.2 Å². The van der Waals surface area contributed by atoms with E-state index in [1.54, 1.807) is 12.1 Å². The largest absolute Gasteiger partial charge is 0.354 e. The first-order valence-corrected chi connectivity index (χ1v) is 9.38. The van der Waals surface area contributed by atoms with Gasteiger partial charge >= 0.3 is 0 Å². The Labute approximate surface area is 156 Å². The van der Waals surface area contributed by atoms with Crippen LogP contribution in [0.4, 0.5) is 0 Å². The molecule has 2 rings (SSSR count). The lowest BCUT2D eigenvalue weighted by molar-refractivity contribution is -0.122. The highest BCUT2D eigenvalue weighted by Gasteiger charge is 2.21. The molecule has 0 radical (unpaired) electrons. The Morgan fingerprint density at radius 3 is 2.19 bits per heavy atom. The van der Waals surface area contributed by atoms with Gasteiger partial charge in [-0.1, -0.05) is 74.7 Å². The molecule has 2 aromatic rings. The van der Waals surface area contributed by atoms with Gasteiger partial charge in [-0.2, -0.15) is 0 Å². The molecular formula is C22H28N2O2. The van der Waals surface area contributed by atoms with E-state index in [1.807, 2.05) is 48.5 Å². The van der Waals surface area contributed by atoms with Crippen molar-refractivity contribution >= 4 is 11.8 Å². The number of hydrogen-bond donors (Lipinski definition) is 2. The maximum absolute atomic E-state index is 12.6. The molecule has 0 heterocycles. The Morgan fingerprint density at radius 1 is 0.885 bits per heavy atom. The second kappa shape index (κ2) is 11.1. The van der Waals surface area contributed by atoms with Crippen molar-refractivity contribution < 1.29 is 9.59 Å². The second-order valence-corrected chi connectivity index (χ2v) is 6.43. The third-order valence-electron chi connectivity index (χ3n) is 4.27. The molecule has 0 bridgehead atoms. The number of amides is 2. The van der Waals surface area contributed by atoms with Crippen molar-refractivity contribution in [3.63, 3.8) is 0 Å². The molecule has 26 heavy (non-hydrogen) atoms. The summed E-state index contributed by atoms with van der Waals surface area (Å²) in [5, 5.41) is 5.85. The smallest absolute Gasteiger partial charge is 0.251 e. The standard InChI is InChI=1S/C22H28N2O2/c1-2-3-4-11-16-23-22(26)20(17-18-12-7-5-8-13-18)24-21(25)19-14-9-6-10-15-19/h5-10,12-15,20H,2-4,11,16-17H2,1H3,(H,23,26)(H,24,25). The van der Waals surface area contributed by atoms with Crippen LogP contribution in [0.3, 0.4) is 0 Å². The van der Waals surface area contributed by atoms with E-state index in [4.69, 9.17) is 0 Å². The maximum atomic E-state index is 12.6. The molecule has 2 amide bonds. The summed E-state index contributed by atoms with van der Waals surface area (Å²) in [7, 11) is 0. The van der Waals surface area contributed by atoms with Crippen molar-refractivity contribution in [1.29, 1.82) is 0 Å². The van der Waals surface area contributed by atoms with E-state index in [9.17, 15) is 9.59 Å². The van der Waals surface area contributed by atoms with Crippen LogP contribution in [0, 0.1) is 0 Å². The van der Waals surface area contributed by atoms with Crippen molar-refractivity contribution in [2.75, 3.05) is 6.54 Å². The Morgan fingerprint density at radius 2 is 1.54 bits per heavy atom. The summed E-state index contributed by atoms with van der Waals surface area (Å²) >= 11 is 0. The SMILES string of the molecule is CCCCCCNC(=O)C(Cc1ccccc1)NC(=O)c1ccccc1. The van der Waals surface area contributed by atoms with Crippen LogP contribution in [-0.4, -0.2) is 24.4 Å². The van der Waals surface area contributed by atoms with E-state index < -0.39 is 6.04 Å². The Balaban J connectivity index is 1.98. The van der Waals surface area contributed by atoms with Crippen LogP contribution in [0.15, 0.2) is 60.7 Å². The Bertz CT molecular complexity index is 671. The monoisotopic (exact) mass is 352 g/mol. The van der Waals surface area contributed by atoms with Crippen molar-refractivity contribution in [2.45, 2.75) is 45.1 Å². The topological polar surface area (TPSA) is 58.2 Å². The van der Waals surface area contributed by atoms with Crippen molar-refractivity contribution in [1.82, 2.24) is 10.6 Å². The minimum atomic E-state index is -0.587. The zero-order valence-electron chi connectivity index (χ0n) is 15.4. The predicted molar refractivity (Wildman–Crippen MR) is 105 cm³/mol. The summed E-state index contributed by atoms with van der Waals surface area (Å²) < 4.78 is 0. The summed E-state index contributed by atoms with van der Waals surface area (Å²) in [6, 6.07) is 18.2. The van der Waals surface area contributed by atoms with Crippen LogP contribution >= 0.6 is 0 Å². The fourth-order valence-corrected chi connectivity index (χ4v) is 2.78. The molecule has 2 N–H and O–H groups in total. The molecule has 138 valence electrons. The average molecular weight is 352 g/mol. The molecule has 0 saturated carbocycles. The Kier molecular flexibility index (Phi) is 8.40. The fraction of sp³-hybridized carbons (Fsp3) is 0.364. The van der Waals surface area contributed by atoms with E-state index in [1.165, 1.54) is 6.42 Å². The fourth-order valence-electron chi connectivity index (χ4n) is 2.78. The van der Waals surface area contributed by atoms with Gasteiger partial charge in [0.1, 0.15) is 6.04 Å². The Hall–Kier alpha value is -2.62. The van der Waals surface area contributed by atoms with Gasteiger partial charge in [0.05, 0.1) is 0 Å². The number of carbonyl (C=O) groups excluding carboxylic acids is 2. The third-order valence-corrected chi connectivity index (χ3v) is 4.27. The van der Waals surface area contributed by atoms with E-state index in [2.05, 4.69) is 17.6 Å². The third kappa shape index (κ3) is 6.71. The van der Waals surface area contributed by atoms with E-state index >= 15 is 0 Å². The maximum Gasteiger partial charge on any atom is 0.251 e. The van der Waals surface area contributed by atoms with Gasteiger partial charge in [-0.3, -0.25) is 9.59 Å². The number of rotatable bonds is 10. The van der Waals surface area contributed by atoms with Gasteiger partial charge in [0, 0.05) is 18.5 Å². The number of benzene rings is 2. The molecule has 2 aromatic carbocycles. The van der Waals surface area contributed by atoms with Crippen LogP contribution in [0.2, 0.25) is 0 Å². The van der Waals surface area contributed by atoms with Crippen LogP contribution in [0.25, 0.3) is 0 Å². The predicted octanol–water partition coefficient (Wildman–Crippen LogP) is 3.72. The minimum absolute atomic E-state index is 0.130. The van der Waals surface area contributed by atoms with E-state index in [0.29, 0.717) is 18.5 Å². The summed E-state index contributed by atoms with van der Waals surface area (Å²) in [5.41, 5.74) is 1.58. The zero-order chi connectivity index (χ0) is 18.6. The second-order valence-electron chi connectivity index (χ2n) is 6.43. The van der Waals surface area contributed by atoms with Gasteiger partial charge in [-0.25, -0.2) is 0 Å². The lowest BCUT2D eigenvalue weighted by Crippen LogP contribution is -2.48. The minimum Gasteiger partial charge on any atom is -0.354 e. The van der Waals surface area contributed by atoms with Gasteiger partial charge in [-0.15, -0.1) is 0 Å². The first kappa shape index (κ1) is 19.7. The number of carbonyl (C=O) groups is 2. The molecule has 4 heteroatoms. The zero-order valence-corrected chi connectivity index (χ0v) is 15.4. The van der Waals surface area contributed by atoms with Gasteiger partial charge in [0.25, 0.3) is 5.91 Å². The van der Waals surface area contributed by atoms with Crippen molar-refractivity contribution in [2.24, 2.45) is 0 Å². The summed E-state index contributed by atoms with van der Waals surface area (Å²) in [6.45, 7) is 2.80. The first-order valence-electron chi connectivity index (χ1n) is 9.38. The van der Waals surface area contributed by atoms with Crippen LogP contribution < -0.4 is 10.6 Å². The highest BCUT2D eigenvalue weighted by Crippen LogP contribution is 2.06. The molecule has 1 atom stereocenters. The van der Waals surface area contributed by atoms with E-state index in [-0.39, 0.29) is 11.8 Å². The highest BCUT2D eigenvalue weighted by atomic mass is 16.2. The lowest BCUT2D eigenvalue weighted by Gasteiger charge is -2.19. The molecule has 0 aliphatic carbocycles. The highest BCUT2D eigenvalue weighted by molar-refractivity contribution is 5.97. The van der Waals surface area contributed by atoms with E-state index in [0.717, 1.165) is 24.8 Å². The molecule has 0 spiro atoms. The average Bonchev–Trinajstić information content (AvgIpc) is 2.68. The summed E-state index contributed by atoms with van der Waals surface area (Å²) in [4.78, 5) is 25.1. The number of unbranched alkanes of at least 4 members (excludes halogenated alkanes) is 3. The quantitative estimate of drug-likeness (QED) is 0.640. The molecule has 0 saturated heterocycles. The molecule has 0 aliphatic heterocycles. The summed E-state index contributed by atoms with van der Waals surface area (Å²) in [5.74, 6) is -0.359. The van der Waals surface area contributed by atoms with Gasteiger partial charge in [-0.05, 0) is 24.1 Å². The number of nitrogens with one attached hydrogen (secondary N) is 2. The lowest BCUT2D eigenvalue weighted by atomic mass is 10.0. The van der Waals surface area contributed by atoms with Crippen molar-refractivity contribution in [3.05, 3.63) is 71.8 Å². The van der Waals surface area contributed by atoms with Crippen LogP contribution in [0.1, 0.15) is 48.5 Å². The molecule has 0 fully saturated rings. The first-order chi connectivity index (χ1) is 12.7. The van der Waals surface area contributed by atoms with Crippen molar-refractivity contribution in [3.8, 4) is 0 Å². The number of hydrogen-bond acceptors (Lipinski definition) is 2. The van der Waals surface area contributed by atoms with Crippen LogP contribution in [0.5, 0.6) is 0 Å². The molecule has 0 aliphatic rings. The molecular weight excluding hydrogens is 324 g/mol. The molecule has 4 nitrogen and oxygen atoms in total.